The van der Waals surface area contributed by atoms with E-state index in [4.69, 9.17) is 4.74 Å². The molecule has 0 saturated heterocycles. The number of benzene rings is 1. The maximum absolute atomic E-state index is 12.9. The molecule has 0 spiro atoms. The summed E-state index contributed by atoms with van der Waals surface area (Å²) in [5, 5.41) is -0.870. The third-order valence-corrected chi connectivity index (χ3v) is 5.12. The molecule has 0 aliphatic carbocycles. The zero-order valence-corrected chi connectivity index (χ0v) is 16.4. The Kier molecular flexibility index (Phi) is 4.96. The fourth-order valence-corrected chi connectivity index (χ4v) is 3.69. The molecule has 4 nitrogen and oxygen atoms in total. The van der Waals surface area contributed by atoms with Gasteiger partial charge in [-0.3, -0.25) is 4.90 Å². The van der Waals surface area contributed by atoms with E-state index in [0.29, 0.717) is 33.8 Å². The molecule has 0 bridgehead atoms. The van der Waals surface area contributed by atoms with Gasteiger partial charge in [-0.2, -0.15) is 13.2 Å². The van der Waals surface area contributed by atoms with Crippen LogP contribution in [0.5, 0.6) is 0 Å². The number of thiazole rings is 1. The molecule has 27 heavy (non-hydrogen) atoms. The molecule has 1 unspecified atom stereocenters. The van der Waals surface area contributed by atoms with Gasteiger partial charge in [0, 0.05) is 12.1 Å². The third-order valence-electron chi connectivity index (χ3n) is 4.04. The van der Waals surface area contributed by atoms with Crippen LogP contribution in [0.4, 0.5) is 18.0 Å². The van der Waals surface area contributed by atoms with Crippen molar-refractivity contribution >= 4 is 33.3 Å². The van der Waals surface area contributed by atoms with E-state index < -0.39 is 22.9 Å². The molecule has 2 aromatic rings. The van der Waals surface area contributed by atoms with Crippen LogP contribution in [0.1, 0.15) is 44.7 Å². The van der Waals surface area contributed by atoms with Crippen molar-refractivity contribution in [3.05, 3.63) is 34.8 Å². The highest BCUT2D eigenvalue weighted by Gasteiger charge is 2.35. The Morgan fingerprint density at radius 1 is 1.30 bits per heavy atom. The van der Waals surface area contributed by atoms with Crippen molar-refractivity contribution < 1.29 is 22.7 Å². The highest BCUT2D eigenvalue weighted by atomic mass is 32.1. The highest BCUT2D eigenvalue weighted by molar-refractivity contribution is 7.18. The number of halogens is 3. The topological polar surface area (TPSA) is 42.4 Å². The second kappa shape index (κ2) is 6.82. The number of hydrogen-bond acceptors (Lipinski definition) is 4. The number of allylic oxidation sites excluding steroid dienone is 1. The van der Waals surface area contributed by atoms with Gasteiger partial charge in [0.15, 0.2) is 5.01 Å². The van der Waals surface area contributed by atoms with Crippen molar-refractivity contribution in [1.29, 1.82) is 0 Å². The van der Waals surface area contributed by atoms with Gasteiger partial charge in [0.2, 0.25) is 0 Å². The maximum Gasteiger partial charge on any atom is 0.443 e. The van der Waals surface area contributed by atoms with E-state index in [2.05, 4.69) is 4.98 Å². The lowest BCUT2D eigenvalue weighted by atomic mass is 9.98. The first-order chi connectivity index (χ1) is 12.4. The Hall–Kier alpha value is -2.09. The van der Waals surface area contributed by atoms with Gasteiger partial charge in [0.05, 0.1) is 15.9 Å². The van der Waals surface area contributed by atoms with Crippen molar-refractivity contribution in [3.63, 3.8) is 0 Å². The molecular formula is C19H21F3N2O2S. The number of aromatic nitrogens is 1. The largest absolute Gasteiger partial charge is 0.443 e. The molecule has 1 atom stereocenters. The molecule has 2 heterocycles. The normalized spacial score (nSPS) is 18.6. The minimum absolute atomic E-state index is 0.265. The van der Waals surface area contributed by atoms with E-state index >= 15 is 0 Å². The molecule has 0 N–H and O–H groups in total. The summed E-state index contributed by atoms with van der Waals surface area (Å²) in [4.78, 5) is 17.9. The monoisotopic (exact) mass is 398 g/mol. The molecule has 1 aliphatic heterocycles. The van der Waals surface area contributed by atoms with Gasteiger partial charge in [-0.05, 0) is 45.2 Å². The quantitative estimate of drug-likeness (QED) is 0.598. The lowest BCUT2D eigenvalue weighted by Crippen LogP contribution is -2.39. The van der Waals surface area contributed by atoms with Crippen molar-refractivity contribution in [2.75, 3.05) is 6.54 Å². The van der Waals surface area contributed by atoms with Crippen LogP contribution in [0.15, 0.2) is 24.3 Å². The Morgan fingerprint density at radius 2 is 2.00 bits per heavy atom. The Bertz CT molecular complexity index is 896. The van der Waals surface area contributed by atoms with Crippen molar-refractivity contribution in [2.24, 2.45) is 5.92 Å². The first kappa shape index (κ1) is 19.7. The maximum atomic E-state index is 12.9. The summed E-state index contributed by atoms with van der Waals surface area (Å²) in [6, 6.07) is 4.93. The number of fused-ring (bicyclic) bond motifs is 1. The van der Waals surface area contributed by atoms with Crippen LogP contribution in [0.2, 0.25) is 0 Å². The zero-order chi connectivity index (χ0) is 20.0. The highest BCUT2D eigenvalue weighted by Crippen LogP contribution is 2.37. The molecule has 1 aliphatic rings. The summed E-state index contributed by atoms with van der Waals surface area (Å²) in [7, 11) is 0. The van der Waals surface area contributed by atoms with Crippen molar-refractivity contribution in [2.45, 2.75) is 45.9 Å². The van der Waals surface area contributed by atoms with E-state index in [1.807, 2.05) is 13.0 Å². The molecule has 8 heteroatoms. The predicted molar refractivity (Wildman–Crippen MR) is 99.3 cm³/mol. The summed E-state index contributed by atoms with van der Waals surface area (Å²) in [5.74, 6) is 0.265. The van der Waals surface area contributed by atoms with E-state index in [9.17, 15) is 18.0 Å². The van der Waals surface area contributed by atoms with E-state index in [1.54, 1.807) is 43.9 Å². The standard InChI is InChI=1S/C19H21F3N2O2S/c1-11-5-7-14(24(10-11)17(25)26-18(2,3)4)12-6-8-15-13(9-12)23-16(27-15)19(20,21)22/h6-9,11H,5,10H2,1-4H3. The number of carbonyl (C=O) groups is 1. The Morgan fingerprint density at radius 3 is 2.63 bits per heavy atom. The second-order valence-corrected chi connectivity index (χ2v) is 8.75. The molecule has 1 amide bonds. The fraction of sp³-hybridized carbons (Fsp3) is 0.474. The van der Waals surface area contributed by atoms with E-state index in [0.717, 1.165) is 6.42 Å². The predicted octanol–water partition coefficient (Wildman–Crippen LogP) is 5.93. The lowest BCUT2D eigenvalue weighted by Gasteiger charge is -2.33. The Balaban J connectivity index is 1.97. The van der Waals surface area contributed by atoms with Gasteiger partial charge in [-0.15, -0.1) is 11.3 Å². The third kappa shape index (κ3) is 4.43. The SMILES string of the molecule is CC1CC=C(c2ccc3sc(C(F)(F)F)nc3c2)N(C(=O)OC(C)(C)C)C1. The van der Waals surface area contributed by atoms with E-state index in [-0.39, 0.29) is 11.4 Å². The number of carbonyl (C=O) groups excluding carboxylic acids is 1. The minimum atomic E-state index is -4.47. The molecule has 1 aromatic heterocycles. The number of amides is 1. The molecule has 1 aromatic carbocycles. The summed E-state index contributed by atoms with van der Waals surface area (Å²) >= 11 is 0.614. The van der Waals surface area contributed by atoms with Crippen LogP contribution in [0, 0.1) is 5.92 Å². The minimum Gasteiger partial charge on any atom is -0.443 e. The van der Waals surface area contributed by atoms with Crippen LogP contribution < -0.4 is 0 Å². The number of hydrogen-bond donors (Lipinski definition) is 0. The van der Waals surface area contributed by atoms with Crippen LogP contribution >= 0.6 is 11.3 Å². The summed E-state index contributed by atoms with van der Waals surface area (Å²) in [5.41, 5.74) is 0.933. The molecule has 146 valence electrons. The first-order valence-electron chi connectivity index (χ1n) is 8.63. The van der Waals surface area contributed by atoms with Gasteiger partial charge in [-0.1, -0.05) is 19.1 Å². The number of ether oxygens (including phenoxy) is 1. The van der Waals surface area contributed by atoms with Gasteiger partial charge >= 0.3 is 12.3 Å². The second-order valence-electron chi connectivity index (χ2n) is 7.72. The molecular weight excluding hydrogens is 377 g/mol. The average molecular weight is 398 g/mol. The van der Waals surface area contributed by atoms with Crippen LogP contribution in [-0.4, -0.2) is 28.1 Å². The Labute approximate surface area is 159 Å². The number of alkyl halides is 3. The zero-order valence-electron chi connectivity index (χ0n) is 15.6. The smallest absolute Gasteiger partial charge is 0.443 e. The lowest BCUT2D eigenvalue weighted by molar-refractivity contribution is -0.137. The van der Waals surface area contributed by atoms with Crippen molar-refractivity contribution in [1.82, 2.24) is 9.88 Å². The van der Waals surface area contributed by atoms with Crippen LogP contribution in [-0.2, 0) is 10.9 Å². The van der Waals surface area contributed by atoms with E-state index in [1.165, 1.54) is 0 Å². The fourth-order valence-electron chi connectivity index (χ4n) is 2.88. The van der Waals surface area contributed by atoms with Gasteiger partial charge < -0.3 is 4.74 Å². The first-order valence-corrected chi connectivity index (χ1v) is 9.44. The van der Waals surface area contributed by atoms with Gasteiger partial charge in [0.25, 0.3) is 0 Å². The van der Waals surface area contributed by atoms with Crippen molar-refractivity contribution in [3.8, 4) is 0 Å². The van der Waals surface area contributed by atoms with Crippen LogP contribution in [0.25, 0.3) is 15.9 Å². The molecule has 0 radical (unpaired) electrons. The molecule has 3 rings (SSSR count). The van der Waals surface area contributed by atoms with Gasteiger partial charge in [0.1, 0.15) is 5.60 Å². The number of nitrogens with zero attached hydrogens (tertiary/aromatic N) is 2. The average Bonchev–Trinajstić information content (AvgIpc) is 2.96. The van der Waals surface area contributed by atoms with Crippen LogP contribution in [0.3, 0.4) is 0 Å². The summed E-state index contributed by atoms with van der Waals surface area (Å²) < 4.78 is 44.7. The molecule has 0 fully saturated rings. The summed E-state index contributed by atoms with van der Waals surface area (Å²) in [6.45, 7) is 7.90. The van der Waals surface area contributed by atoms with Gasteiger partial charge in [-0.25, -0.2) is 9.78 Å². The molecule has 0 saturated carbocycles. The number of rotatable bonds is 1. The summed E-state index contributed by atoms with van der Waals surface area (Å²) in [6.07, 6.45) is -2.23.